The van der Waals surface area contributed by atoms with Crippen molar-refractivity contribution in [3.8, 4) is 0 Å². The van der Waals surface area contributed by atoms with Crippen LogP contribution >= 0.6 is 0 Å². The Morgan fingerprint density at radius 2 is 0.785 bits per heavy atom. The van der Waals surface area contributed by atoms with Crippen LogP contribution < -0.4 is 9.80 Å². The van der Waals surface area contributed by atoms with Crippen LogP contribution in [-0.2, 0) is 60.0 Å². The highest BCUT2D eigenvalue weighted by atomic mass is 16.5. The molecule has 0 spiro atoms. The Labute approximate surface area is 547 Å². The fraction of sp³-hybridized carbons (Fsp3) is 0.247. The Morgan fingerprint density at radius 3 is 1.17 bits per heavy atom. The highest BCUT2D eigenvalue weighted by Gasteiger charge is 2.51. The second-order valence-corrected chi connectivity index (χ2v) is 27.1. The van der Waals surface area contributed by atoms with Crippen molar-refractivity contribution in [3.05, 3.63) is 286 Å². The van der Waals surface area contributed by atoms with Gasteiger partial charge in [0.1, 0.15) is 14.1 Å². The summed E-state index contributed by atoms with van der Waals surface area (Å²) in [7, 11) is 11.8. The molecule has 0 radical (unpaired) electrons. The van der Waals surface area contributed by atoms with Crippen molar-refractivity contribution >= 4 is 89.2 Å². The minimum absolute atomic E-state index is 0.205. The number of nitrogens with zero attached hydrogens (tertiary/aromatic N) is 4. The monoisotopic (exact) mass is 1220 g/mol. The average molecular weight is 1220 g/mol. The molecule has 0 bridgehead atoms. The molecular weight excluding hydrogens is 1140 g/mol. The van der Waals surface area contributed by atoms with Crippen molar-refractivity contribution in [3.63, 3.8) is 0 Å². The van der Waals surface area contributed by atoms with Gasteiger partial charge in [0.05, 0.1) is 25.0 Å². The molecule has 4 heterocycles. The van der Waals surface area contributed by atoms with E-state index in [2.05, 4.69) is 305 Å². The van der Waals surface area contributed by atoms with Gasteiger partial charge in [-0.25, -0.2) is 0 Å². The fourth-order valence-corrected chi connectivity index (χ4v) is 17.2. The minimum atomic E-state index is -0.462. The van der Waals surface area contributed by atoms with E-state index < -0.39 is 21.7 Å². The molecule has 0 aromatic heterocycles. The van der Waals surface area contributed by atoms with Crippen molar-refractivity contribution < 1.29 is 28.2 Å². The smallest absolute Gasteiger partial charge is 0.305 e. The number of carbonyl (C=O) groups excluding carboxylic acids is 2. The van der Waals surface area contributed by atoms with E-state index in [1.165, 1.54) is 125 Å². The van der Waals surface area contributed by atoms with Crippen LogP contribution in [0.4, 0.5) is 22.7 Å². The highest BCUT2D eigenvalue weighted by Crippen LogP contribution is 2.56. The van der Waals surface area contributed by atoms with Crippen LogP contribution in [-0.4, -0.2) is 74.9 Å². The largest absolute Gasteiger partial charge is 0.469 e. The topological polar surface area (TPSA) is 65.1 Å². The lowest BCUT2D eigenvalue weighted by molar-refractivity contribution is -0.401. The molecule has 10 aromatic rings. The lowest BCUT2D eigenvalue weighted by atomic mass is 9.72. The summed E-state index contributed by atoms with van der Waals surface area (Å²) in [5.74, 6) is -0.410. The number of fused-ring (bicyclic) bond motifs is 12. The fourth-order valence-electron chi connectivity index (χ4n) is 17.2. The summed E-state index contributed by atoms with van der Waals surface area (Å²) in [6.45, 7) is 9.48. The summed E-state index contributed by atoms with van der Waals surface area (Å²) in [5.41, 5.74) is 18.0. The second kappa shape index (κ2) is 23.6. The Hall–Kier alpha value is -9.92. The van der Waals surface area contributed by atoms with Crippen LogP contribution in [0.15, 0.2) is 242 Å². The molecule has 4 atom stereocenters. The summed E-state index contributed by atoms with van der Waals surface area (Å²) in [6.07, 6.45) is 18.0. The van der Waals surface area contributed by atoms with E-state index in [4.69, 9.17) is 9.47 Å². The summed E-state index contributed by atoms with van der Waals surface area (Å²) < 4.78 is 15.4. The van der Waals surface area contributed by atoms with Crippen LogP contribution in [0.1, 0.15) is 97.9 Å². The van der Waals surface area contributed by atoms with Gasteiger partial charge in [0.15, 0.2) is 11.4 Å². The molecule has 4 unspecified atom stereocenters. The zero-order chi connectivity index (χ0) is 64.6. The molecule has 0 fully saturated rings. The van der Waals surface area contributed by atoms with Gasteiger partial charge in [-0.15, -0.1) is 0 Å². The van der Waals surface area contributed by atoms with Gasteiger partial charge in [-0.05, 0) is 161 Å². The molecule has 4 aliphatic heterocycles. The number of benzene rings is 10. The molecule has 93 heavy (non-hydrogen) atoms. The van der Waals surface area contributed by atoms with E-state index in [1.807, 2.05) is 0 Å². The van der Waals surface area contributed by atoms with E-state index in [-0.39, 0.29) is 11.9 Å². The van der Waals surface area contributed by atoms with Gasteiger partial charge in [0.25, 0.3) is 0 Å². The van der Waals surface area contributed by atoms with Gasteiger partial charge >= 0.3 is 11.9 Å². The number of esters is 2. The molecule has 0 saturated carbocycles. The maximum atomic E-state index is 12.9. The van der Waals surface area contributed by atoms with Crippen LogP contribution in [0.2, 0.25) is 0 Å². The number of ether oxygens (including phenoxy) is 2. The molecule has 14 rings (SSSR count). The maximum Gasteiger partial charge on any atom is 0.305 e. The summed E-state index contributed by atoms with van der Waals surface area (Å²) in [4.78, 5) is 30.5. The Bertz CT molecular complexity index is 4610. The van der Waals surface area contributed by atoms with E-state index in [0.717, 1.165) is 42.0 Å². The Morgan fingerprint density at radius 1 is 0.430 bits per heavy atom. The minimum Gasteiger partial charge on any atom is -0.469 e. The molecule has 8 heteroatoms. The van der Waals surface area contributed by atoms with Gasteiger partial charge in [-0.2, -0.15) is 9.15 Å². The number of hydrogen-bond acceptors (Lipinski definition) is 6. The third-order valence-corrected chi connectivity index (χ3v) is 21.7. The first-order chi connectivity index (χ1) is 45.0. The molecule has 8 nitrogen and oxygen atoms in total. The molecular formula is C85H82N4O4+2. The van der Waals surface area contributed by atoms with Crippen molar-refractivity contribution in [1.82, 2.24) is 0 Å². The van der Waals surface area contributed by atoms with E-state index in [0.29, 0.717) is 25.7 Å². The first-order valence-corrected chi connectivity index (χ1v) is 32.8. The van der Waals surface area contributed by atoms with Crippen molar-refractivity contribution in [1.29, 1.82) is 0 Å². The van der Waals surface area contributed by atoms with E-state index in [9.17, 15) is 9.59 Å². The molecule has 0 amide bonds. The van der Waals surface area contributed by atoms with Gasteiger partial charge in [-0.1, -0.05) is 182 Å². The molecule has 0 aliphatic carbocycles. The molecule has 10 aromatic carbocycles. The molecule has 4 aliphatic rings. The molecule has 0 saturated heterocycles. The van der Waals surface area contributed by atoms with Crippen molar-refractivity contribution in [2.45, 2.75) is 94.3 Å². The quantitative estimate of drug-likeness (QED) is 0.0709. The van der Waals surface area contributed by atoms with Crippen molar-refractivity contribution in [2.75, 3.05) is 52.2 Å². The zero-order valence-corrected chi connectivity index (χ0v) is 55.3. The normalized spacial score (nSPS) is 21.6. The van der Waals surface area contributed by atoms with Crippen LogP contribution in [0.3, 0.4) is 0 Å². The molecule has 464 valence electrons. The van der Waals surface area contributed by atoms with Crippen LogP contribution in [0.25, 0.3) is 43.1 Å². The number of hydrogen-bond donors (Lipinski definition) is 0. The second-order valence-electron chi connectivity index (χ2n) is 27.1. The Kier molecular flexibility index (Phi) is 15.4. The SMILES string of the molecule is COC(=O)CCC1(C)/C(=C\C=C\C2=[N+](C)c3cc(Cc4cc5c(c6ccccc46)C(C)(Cc4ccccc4)C(/C=C/C=C4/N(C)c6ccc7ccccc7c6C4(C)CCC(=O)OC)=[N+]5C)c4ccccc4c3C2(C)Cc2ccccc2)N(C)c2ccc3ccccc3c21. The van der Waals surface area contributed by atoms with Crippen LogP contribution in [0.5, 0.6) is 0 Å². The van der Waals surface area contributed by atoms with Crippen LogP contribution in [0, 0.1) is 0 Å². The number of anilines is 2. The number of carbonyl (C=O) groups is 2. The third-order valence-electron chi connectivity index (χ3n) is 21.7. The lowest BCUT2D eigenvalue weighted by Crippen LogP contribution is -2.33. The maximum absolute atomic E-state index is 12.9. The predicted molar refractivity (Wildman–Crippen MR) is 384 cm³/mol. The standard InChI is InChI=1S/C85H82N4O4/c1-82(49-47-76(90)92-9)72(86(5)68-45-43-58-31-17-19-35-64(58)78(68)82)39-25-41-74-84(3,54-56-27-13-11-14-28-56)80-66-37-23-21-33-62(66)60(52-70(80)88(74)7)51-61-53-71-81(67-38-24-22-34-63(61)67)85(4,55-57-29-15-12-16-30-57)75(89(71)8)42-26-40-73-83(2,50-48-77(91)93-10)79-65-36-20-18-32-59(65)44-46-69(79)87(73)6/h11-46,52-53H,47-51,54-55H2,1-10H3/q+2. The lowest BCUT2D eigenvalue weighted by Gasteiger charge is -2.29. The van der Waals surface area contributed by atoms with Crippen molar-refractivity contribution in [2.24, 2.45) is 0 Å². The number of allylic oxidation sites excluding steroid dienone is 8. The predicted octanol–water partition coefficient (Wildman–Crippen LogP) is 17.9. The Balaban J connectivity index is 0.887. The van der Waals surface area contributed by atoms with Gasteiger partial charge in [0.2, 0.25) is 11.4 Å². The number of rotatable bonds is 16. The third kappa shape index (κ3) is 9.94. The zero-order valence-electron chi connectivity index (χ0n) is 55.3. The van der Waals surface area contributed by atoms with Gasteiger partial charge in [0, 0.05) is 95.9 Å². The summed E-state index contributed by atoms with van der Waals surface area (Å²) in [5, 5.41) is 9.84. The first-order valence-electron chi connectivity index (χ1n) is 32.8. The van der Waals surface area contributed by atoms with E-state index in [1.54, 1.807) is 0 Å². The number of methoxy groups -OCH3 is 2. The summed E-state index contributed by atoms with van der Waals surface area (Å²) >= 11 is 0. The van der Waals surface area contributed by atoms with E-state index >= 15 is 0 Å². The highest BCUT2D eigenvalue weighted by molar-refractivity contribution is 6.11. The number of likely N-dealkylation sites (N-methyl/N-ethyl adjacent to an activating group) is 2. The average Bonchev–Trinajstić information content (AvgIpc) is 1.60. The first kappa shape index (κ1) is 60.6. The van der Waals surface area contributed by atoms with Gasteiger partial charge < -0.3 is 19.3 Å². The van der Waals surface area contributed by atoms with Gasteiger partial charge in [-0.3, -0.25) is 9.59 Å². The summed E-state index contributed by atoms with van der Waals surface area (Å²) in [6, 6.07) is 71.2. The molecule has 0 N–H and O–H groups in total.